The number of anilines is 1. The lowest BCUT2D eigenvalue weighted by Gasteiger charge is -2.12. The molecular weight excluding hydrogens is 330 g/mol. The minimum absolute atomic E-state index is 0.0187. The van der Waals surface area contributed by atoms with Gasteiger partial charge in [-0.25, -0.2) is 0 Å². The molecule has 1 aliphatic heterocycles. The van der Waals surface area contributed by atoms with Crippen LogP contribution in [0, 0.1) is 32.8 Å². The molecule has 2 heterocycles. The maximum absolute atomic E-state index is 11.5. The van der Waals surface area contributed by atoms with Crippen LogP contribution < -0.4 is 19.9 Å². The van der Waals surface area contributed by atoms with Gasteiger partial charge >= 0.3 is 0 Å². The summed E-state index contributed by atoms with van der Waals surface area (Å²) in [7, 11) is 1.27. The number of nitrogens with zero attached hydrogens (tertiary/aromatic N) is 4. The van der Waals surface area contributed by atoms with E-state index in [-0.39, 0.29) is 57.9 Å². The number of nitriles is 2. The van der Waals surface area contributed by atoms with Crippen LogP contribution in [0.15, 0.2) is 12.1 Å². The Balaban J connectivity index is 2.45. The van der Waals surface area contributed by atoms with Crippen molar-refractivity contribution >= 4 is 11.5 Å². The molecule has 10 heteroatoms. The molecule has 1 aromatic carbocycles. The van der Waals surface area contributed by atoms with Gasteiger partial charge in [-0.1, -0.05) is 0 Å². The van der Waals surface area contributed by atoms with Crippen LogP contribution in [0.5, 0.6) is 17.4 Å². The molecule has 0 saturated heterocycles. The van der Waals surface area contributed by atoms with Crippen molar-refractivity contribution < 1.29 is 19.1 Å². The van der Waals surface area contributed by atoms with Crippen LogP contribution in [-0.4, -0.2) is 23.8 Å². The van der Waals surface area contributed by atoms with Gasteiger partial charge in [-0.15, -0.1) is 0 Å². The second kappa shape index (κ2) is 5.86. The summed E-state index contributed by atoms with van der Waals surface area (Å²) in [5.41, 5.74) is 5.02. The molecule has 0 saturated carbocycles. The number of nitro benzene ring substituents is 1. The van der Waals surface area contributed by atoms with Crippen molar-refractivity contribution in [3.05, 3.63) is 33.4 Å². The molecule has 0 atom stereocenters. The van der Waals surface area contributed by atoms with E-state index in [2.05, 4.69) is 4.98 Å². The molecule has 0 aliphatic carbocycles. The maximum atomic E-state index is 11.5. The summed E-state index contributed by atoms with van der Waals surface area (Å²) in [6.07, 6.45) is 0. The van der Waals surface area contributed by atoms with Gasteiger partial charge in [-0.3, -0.25) is 10.1 Å². The zero-order chi connectivity index (χ0) is 18.1. The topological polar surface area (TPSA) is 157 Å². The van der Waals surface area contributed by atoms with Crippen molar-refractivity contribution in [3.63, 3.8) is 0 Å². The first-order chi connectivity index (χ1) is 12.0. The first kappa shape index (κ1) is 15.8. The number of pyridine rings is 1. The summed E-state index contributed by atoms with van der Waals surface area (Å²) in [6, 6.07) is 6.19. The van der Waals surface area contributed by atoms with Crippen molar-refractivity contribution in [3.8, 4) is 40.6 Å². The van der Waals surface area contributed by atoms with E-state index in [9.17, 15) is 20.6 Å². The Bertz CT molecular complexity index is 990. The molecule has 0 bridgehead atoms. The highest BCUT2D eigenvalue weighted by atomic mass is 16.7. The number of hydrogen-bond donors (Lipinski definition) is 1. The molecule has 0 unspecified atom stereocenters. The number of fused-ring (bicyclic) bond motifs is 1. The lowest BCUT2D eigenvalue weighted by molar-refractivity contribution is -0.384. The molecule has 0 amide bonds. The Hall–Kier alpha value is -4.05. The van der Waals surface area contributed by atoms with Crippen LogP contribution in [0.25, 0.3) is 11.1 Å². The fourth-order valence-corrected chi connectivity index (χ4v) is 2.50. The third kappa shape index (κ3) is 2.38. The molecule has 1 aliphatic rings. The van der Waals surface area contributed by atoms with E-state index in [1.807, 2.05) is 12.1 Å². The average Bonchev–Trinajstić information content (AvgIpc) is 3.06. The summed E-state index contributed by atoms with van der Waals surface area (Å²) in [5, 5.41) is 30.4. The van der Waals surface area contributed by atoms with Gasteiger partial charge in [-0.05, 0) is 6.07 Å². The number of ether oxygens (including phenoxy) is 3. The SMILES string of the molecule is COc1nc(N)c(C#N)c(-c2cc3c(cc2[N+](=O)[O-])OCO3)c1C#N. The highest BCUT2D eigenvalue weighted by molar-refractivity contribution is 5.88. The van der Waals surface area contributed by atoms with E-state index in [1.54, 1.807) is 0 Å². The van der Waals surface area contributed by atoms with E-state index in [1.165, 1.54) is 19.2 Å². The number of methoxy groups -OCH3 is 1. The van der Waals surface area contributed by atoms with Gasteiger partial charge in [-0.2, -0.15) is 15.5 Å². The predicted molar refractivity (Wildman–Crippen MR) is 82.8 cm³/mol. The molecule has 0 spiro atoms. The smallest absolute Gasteiger partial charge is 0.281 e. The van der Waals surface area contributed by atoms with Gasteiger partial charge in [0.05, 0.1) is 23.7 Å². The van der Waals surface area contributed by atoms with Crippen molar-refractivity contribution in [1.29, 1.82) is 10.5 Å². The van der Waals surface area contributed by atoms with Crippen LogP contribution in [0.1, 0.15) is 11.1 Å². The summed E-state index contributed by atoms with van der Waals surface area (Å²) in [4.78, 5) is 14.7. The average molecular weight is 339 g/mol. The minimum atomic E-state index is -0.650. The largest absolute Gasteiger partial charge is 0.480 e. The molecule has 1 aromatic heterocycles. The standard InChI is InChI=1S/C15H9N5O5/c1-23-15-9(5-17)13(8(4-16)14(18)19-15)7-2-11-12(25-6-24-11)3-10(7)20(21)22/h2-3H,6H2,1H3,(H2,18,19). The fraction of sp³-hybridized carbons (Fsp3) is 0.133. The van der Waals surface area contributed by atoms with Crippen LogP contribution in [0.2, 0.25) is 0 Å². The van der Waals surface area contributed by atoms with Gasteiger partial charge in [0.1, 0.15) is 29.1 Å². The first-order valence-corrected chi connectivity index (χ1v) is 6.77. The lowest BCUT2D eigenvalue weighted by Crippen LogP contribution is -2.05. The normalized spacial score (nSPS) is 11.5. The Labute approximate surface area is 140 Å². The van der Waals surface area contributed by atoms with Crippen molar-refractivity contribution in [2.24, 2.45) is 0 Å². The third-order valence-corrected chi connectivity index (χ3v) is 3.57. The molecule has 0 radical (unpaired) electrons. The molecule has 10 nitrogen and oxygen atoms in total. The first-order valence-electron chi connectivity index (χ1n) is 6.77. The van der Waals surface area contributed by atoms with Crippen molar-refractivity contribution in [2.75, 3.05) is 19.6 Å². The summed E-state index contributed by atoms with van der Waals surface area (Å²) >= 11 is 0. The molecule has 124 valence electrons. The van der Waals surface area contributed by atoms with E-state index >= 15 is 0 Å². The Morgan fingerprint density at radius 2 is 1.92 bits per heavy atom. The fourth-order valence-electron chi connectivity index (χ4n) is 2.50. The number of nitro groups is 1. The minimum Gasteiger partial charge on any atom is -0.480 e. The molecular formula is C15H9N5O5. The van der Waals surface area contributed by atoms with E-state index < -0.39 is 4.92 Å². The van der Waals surface area contributed by atoms with Crippen LogP contribution in [-0.2, 0) is 0 Å². The Morgan fingerprint density at radius 3 is 2.48 bits per heavy atom. The van der Waals surface area contributed by atoms with Gasteiger partial charge in [0.2, 0.25) is 12.7 Å². The van der Waals surface area contributed by atoms with Gasteiger partial charge < -0.3 is 19.9 Å². The predicted octanol–water partition coefficient (Wildman–Crippen LogP) is 1.72. The van der Waals surface area contributed by atoms with E-state index in [4.69, 9.17) is 19.9 Å². The number of benzene rings is 1. The Morgan fingerprint density at radius 1 is 1.28 bits per heavy atom. The summed E-state index contributed by atoms with van der Waals surface area (Å²) in [5.74, 6) is 0.102. The maximum Gasteiger partial charge on any atom is 0.281 e. The highest BCUT2D eigenvalue weighted by Crippen LogP contribution is 2.45. The zero-order valence-corrected chi connectivity index (χ0v) is 12.8. The van der Waals surface area contributed by atoms with Crippen LogP contribution >= 0.6 is 0 Å². The number of aromatic nitrogens is 1. The molecule has 2 aromatic rings. The molecule has 25 heavy (non-hydrogen) atoms. The zero-order valence-electron chi connectivity index (χ0n) is 12.8. The van der Waals surface area contributed by atoms with E-state index in [0.717, 1.165) is 0 Å². The van der Waals surface area contributed by atoms with Gasteiger partial charge in [0.25, 0.3) is 5.69 Å². The summed E-state index contributed by atoms with van der Waals surface area (Å²) in [6.45, 7) is -0.0893. The second-order valence-corrected chi connectivity index (χ2v) is 4.83. The molecule has 2 N–H and O–H groups in total. The van der Waals surface area contributed by atoms with Crippen molar-refractivity contribution in [1.82, 2.24) is 4.98 Å². The van der Waals surface area contributed by atoms with Gasteiger partial charge in [0, 0.05) is 5.56 Å². The van der Waals surface area contributed by atoms with Crippen molar-refractivity contribution in [2.45, 2.75) is 0 Å². The quantitative estimate of drug-likeness (QED) is 0.649. The summed E-state index contributed by atoms with van der Waals surface area (Å²) < 4.78 is 15.4. The number of nitrogen functional groups attached to an aromatic ring is 1. The number of rotatable bonds is 3. The number of nitrogens with two attached hydrogens (primary N) is 1. The highest BCUT2D eigenvalue weighted by Gasteiger charge is 2.30. The van der Waals surface area contributed by atoms with E-state index in [0.29, 0.717) is 0 Å². The van der Waals surface area contributed by atoms with Crippen LogP contribution in [0.3, 0.4) is 0 Å². The van der Waals surface area contributed by atoms with Crippen LogP contribution in [0.4, 0.5) is 11.5 Å². The number of hydrogen-bond acceptors (Lipinski definition) is 9. The second-order valence-electron chi connectivity index (χ2n) is 4.83. The monoisotopic (exact) mass is 339 g/mol. The molecule has 3 rings (SSSR count). The Kier molecular flexibility index (Phi) is 3.71. The third-order valence-electron chi connectivity index (χ3n) is 3.57. The van der Waals surface area contributed by atoms with Gasteiger partial charge in [0.15, 0.2) is 11.5 Å². The molecule has 0 fully saturated rings. The lowest BCUT2D eigenvalue weighted by atomic mass is 9.94.